The lowest BCUT2D eigenvalue weighted by atomic mass is 9.87. The molecule has 110 valence electrons. The van der Waals surface area contributed by atoms with E-state index in [1.165, 1.54) is 10.8 Å². The molecular formula is C13H18N2O5. The average molecular weight is 282 g/mol. The SMILES string of the molecule is CC[C@@]12CCO[C@@H]([C@H]1O)[C@@H](n1cc(C)c(=O)[nH]c1=O)O2. The number of rotatable bonds is 2. The van der Waals surface area contributed by atoms with Crippen molar-refractivity contribution in [3.63, 3.8) is 0 Å². The molecule has 3 heterocycles. The number of ether oxygens (including phenoxy) is 2. The van der Waals surface area contributed by atoms with Crippen LogP contribution in [0.1, 0.15) is 31.6 Å². The van der Waals surface area contributed by atoms with Gasteiger partial charge in [-0.15, -0.1) is 0 Å². The number of aliphatic hydroxyl groups is 1. The highest BCUT2D eigenvalue weighted by molar-refractivity contribution is 5.07. The number of aromatic amines is 1. The predicted molar refractivity (Wildman–Crippen MR) is 69.6 cm³/mol. The number of hydrogen-bond acceptors (Lipinski definition) is 5. The Bertz CT molecular complexity index is 636. The van der Waals surface area contributed by atoms with Gasteiger partial charge in [0.05, 0.1) is 6.61 Å². The summed E-state index contributed by atoms with van der Waals surface area (Å²) in [6, 6.07) is 0. The van der Waals surface area contributed by atoms with Gasteiger partial charge in [-0.05, 0) is 13.3 Å². The first-order valence-electron chi connectivity index (χ1n) is 6.78. The highest BCUT2D eigenvalue weighted by Gasteiger charge is 2.57. The molecule has 1 aromatic rings. The smallest absolute Gasteiger partial charge is 0.330 e. The van der Waals surface area contributed by atoms with Crippen LogP contribution in [-0.2, 0) is 9.47 Å². The first-order chi connectivity index (χ1) is 9.48. The molecule has 2 fully saturated rings. The van der Waals surface area contributed by atoms with Crippen LogP contribution in [0.15, 0.2) is 15.8 Å². The average Bonchev–Trinajstić information content (AvgIpc) is 2.60. The summed E-state index contributed by atoms with van der Waals surface area (Å²) in [5, 5.41) is 10.4. The van der Waals surface area contributed by atoms with Crippen LogP contribution in [0, 0.1) is 6.92 Å². The van der Waals surface area contributed by atoms with Crippen molar-refractivity contribution < 1.29 is 14.6 Å². The Morgan fingerprint density at radius 3 is 2.95 bits per heavy atom. The molecule has 0 saturated carbocycles. The lowest BCUT2D eigenvalue weighted by Crippen LogP contribution is -2.48. The number of fused-ring (bicyclic) bond motifs is 2. The minimum Gasteiger partial charge on any atom is -0.387 e. The fourth-order valence-electron chi connectivity index (χ4n) is 3.04. The summed E-state index contributed by atoms with van der Waals surface area (Å²) in [7, 11) is 0. The van der Waals surface area contributed by atoms with E-state index in [9.17, 15) is 14.7 Å². The van der Waals surface area contributed by atoms with Gasteiger partial charge in [-0.2, -0.15) is 0 Å². The van der Waals surface area contributed by atoms with Gasteiger partial charge in [0.2, 0.25) is 0 Å². The van der Waals surface area contributed by atoms with E-state index >= 15 is 0 Å². The monoisotopic (exact) mass is 282 g/mol. The van der Waals surface area contributed by atoms with Crippen molar-refractivity contribution in [2.45, 2.75) is 50.7 Å². The molecule has 0 radical (unpaired) electrons. The maximum Gasteiger partial charge on any atom is 0.330 e. The zero-order chi connectivity index (χ0) is 14.5. The maximum atomic E-state index is 12.0. The van der Waals surface area contributed by atoms with E-state index in [-0.39, 0.29) is 0 Å². The maximum absolute atomic E-state index is 12.0. The lowest BCUT2D eigenvalue weighted by molar-refractivity contribution is -0.123. The van der Waals surface area contributed by atoms with Crippen LogP contribution in [0.25, 0.3) is 0 Å². The van der Waals surface area contributed by atoms with Crippen LogP contribution in [0.2, 0.25) is 0 Å². The molecule has 0 aromatic carbocycles. The van der Waals surface area contributed by atoms with Gasteiger partial charge in [-0.3, -0.25) is 14.3 Å². The van der Waals surface area contributed by atoms with Crippen molar-refractivity contribution in [3.8, 4) is 0 Å². The van der Waals surface area contributed by atoms with E-state index in [2.05, 4.69) is 4.98 Å². The van der Waals surface area contributed by atoms with Gasteiger partial charge < -0.3 is 14.6 Å². The van der Waals surface area contributed by atoms with Gasteiger partial charge in [-0.25, -0.2) is 4.79 Å². The third kappa shape index (κ3) is 1.77. The third-order valence-electron chi connectivity index (χ3n) is 4.34. The van der Waals surface area contributed by atoms with Gasteiger partial charge in [0, 0.05) is 18.2 Å². The molecule has 2 aliphatic heterocycles. The normalized spacial score (nSPS) is 36.2. The van der Waals surface area contributed by atoms with Gasteiger partial charge in [-0.1, -0.05) is 6.92 Å². The van der Waals surface area contributed by atoms with Crippen LogP contribution < -0.4 is 11.2 Å². The molecule has 0 unspecified atom stereocenters. The standard InChI is InChI=1S/C13H18N2O5/c1-3-13-4-5-19-8(9(13)16)11(20-13)15-6-7(2)10(17)14-12(15)18/h6,8-9,11,16H,3-5H2,1-2H3,(H,14,17,18)/t8-,9+,11-,13+/m0/s1. The molecule has 7 nitrogen and oxygen atoms in total. The highest BCUT2D eigenvalue weighted by atomic mass is 16.6. The van der Waals surface area contributed by atoms with E-state index in [0.29, 0.717) is 25.0 Å². The molecule has 2 N–H and O–H groups in total. The van der Waals surface area contributed by atoms with Crippen LogP contribution in [0.4, 0.5) is 0 Å². The van der Waals surface area contributed by atoms with Crippen molar-refractivity contribution >= 4 is 0 Å². The van der Waals surface area contributed by atoms with E-state index in [4.69, 9.17) is 9.47 Å². The number of nitrogens with one attached hydrogen (secondary N) is 1. The summed E-state index contributed by atoms with van der Waals surface area (Å²) in [4.78, 5) is 25.6. The van der Waals surface area contributed by atoms with Crippen molar-refractivity contribution in [1.29, 1.82) is 0 Å². The zero-order valence-electron chi connectivity index (χ0n) is 11.5. The predicted octanol–water partition coefficient (Wildman–Crippen LogP) is -0.328. The first kappa shape index (κ1) is 13.5. The second-order valence-electron chi connectivity index (χ2n) is 5.44. The number of nitrogens with zero attached hydrogens (tertiary/aromatic N) is 1. The number of aromatic nitrogens is 2. The summed E-state index contributed by atoms with van der Waals surface area (Å²) < 4.78 is 12.8. The van der Waals surface area contributed by atoms with E-state index < -0.39 is 35.3 Å². The van der Waals surface area contributed by atoms with Crippen molar-refractivity contribution in [2.24, 2.45) is 0 Å². The Kier molecular flexibility index (Phi) is 3.07. The third-order valence-corrected chi connectivity index (χ3v) is 4.34. The molecule has 0 aliphatic carbocycles. The Balaban J connectivity index is 2.06. The van der Waals surface area contributed by atoms with Crippen LogP contribution in [-0.4, -0.2) is 39.1 Å². The number of aryl methyl sites for hydroxylation is 1. The second kappa shape index (κ2) is 4.54. The Morgan fingerprint density at radius 2 is 2.30 bits per heavy atom. The minimum absolute atomic E-state index is 0.412. The van der Waals surface area contributed by atoms with Gasteiger partial charge in [0.15, 0.2) is 6.23 Å². The molecule has 1 aromatic heterocycles. The molecule has 2 aliphatic rings. The van der Waals surface area contributed by atoms with E-state index in [1.54, 1.807) is 6.92 Å². The lowest BCUT2D eigenvalue weighted by Gasteiger charge is -2.34. The first-order valence-corrected chi connectivity index (χ1v) is 6.78. The topological polar surface area (TPSA) is 93.5 Å². The van der Waals surface area contributed by atoms with Crippen molar-refractivity contribution in [1.82, 2.24) is 9.55 Å². The van der Waals surface area contributed by atoms with Gasteiger partial charge in [0.25, 0.3) is 5.56 Å². The van der Waals surface area contributed by atoms with Crippen LogP contribution in [0.3, 0.4) is 0 Å². The summed E-state index contributed by atoms with van der Waals surface area (Å²) >= 11 is 0. The quantitative estimate of drug-likeness (QED) is 0.775. The second-order valence-corrected chi connectivity index (χ2v) is 5.44. The van der Waals surface area contributed by atoms with Crippen LogP contribution >= 0.6 is 0 Å². The molecule has 7 heteroatoms. The Labute approximate surface area is 115 Å². The number of aliphatic hydroxyl groups excluding tert-OH is 1. The summed E-state index contributed by atoms with van der Waals surface area (Å²) in [6.45, 7) is 4.04. The molecular weight excluding hydrogens is 264 g/mol. The fourth-order valence-corrected chi connectivity index (χ4v) is 3.04. The summed E-state index contributed by atoms with van der Waals surface area (Å²) in [5.41, 5.74) is -1.23. The van der Waals surface area contributed by atoms with E-state index in [0.717, 1.165) is 0 Å². The van der Waals surface area contributed by atoms with Crippen molar-refractivity contribution in [2.75, 3.05) is 6.61 Å². The van der Waals surface area contributed by atoms with Crippen molar-refractivity contribution in [3.05, 3.63) is 32.6 Å². The minimum atomic E-state index is -0.773. The largest absolute Gasteiger partial charge is 0.387 e. The highest BCUT2D eigenvalue weighted by Crippen LogP contribution is 2.45. The molecule has 20 heavy (non-hydrogen) atoms. The molecule has 2 saturated heterocycles. The summed E-state index contributed by atoms with van der Waals surface area (Å²) in [6.07, 6.45) is 0.607. The van der Waals surface area contributed by atoms with E-state index in [1.807, 2.05) is 6.92 Å². The number of hydrogen-bond donors (Lipinski definition) is 2. The fraction of sp³-hybridized carbons (Fsp3) is 0.692. The molecule has 0 amide bonds. The molecule has 3 rings (SSSR count). The molecule has 2 bridgehead atoms. The van der Waals surface area contributed by atoms with Gasteiger partial charge >= 0.3 is 5.69 Å². The van der Waals surface area contributed by atoms with Gasteiger partial charge in [0.1, 0.15) is 17.8 Å². The molecule has 0 spiro atoms. The number of H-pyrrole nitrogens is 1. The van der Waals surface area contributed by atoms with Crippen LogP contribution in [0.5, 0.6) is 0 Å². The Hall–Kier alpha value is -1.44. The zero-order valence-corrected chi connectivity index (χ0v) is 11.5. The molecule has 4 atom stereocenters. The Morgan fingerprint density at radius 1 is 1.55 bits per heavy atom. The summed E-state index contributed by atoms with van der Waals surface area (Å²) in [5.74, 6) is 0.